The van der Waals surface area contributed by atoms with Crippen LogP contribution < -0.4 is 4.74 Å². The topological polar surface area (TPSA) is 58.0 Å². The van der Waals surface area contributed by atoms with E-state index in [1.165, 1.54) is 0 Å². The van der Waals surface area contributed by atoms with Crippen LogP contribution in [0.1, 0.15) is 0 Å². The number of halogens is 2. The van der Waals surface area contributed by atoms with E-state index in [4.69, 9.17) is 33.5 Å². The SMILES string of the molecule is [N-]=[N+]=Nc1ccc(Oc2ccc(Cl)cc2Cl)cc1. The minimum atomic E-state index is 0.432. The number of hydrogen-bond acceptors (Lipinski definition) is 2. The summed E-state index contributed by atoms with van der Waals surface area (Å²) in [7, 11) is 0. The first kappa shape index (κ1) is 12.6. The van der Waals surface area contributed by atoms with Gasteiger partial charge in [-0.05, 0) is 48.0 Å². The molecule has 0 aliphatic carbocycles. The zero-order valence-electron chi connectivity index (χ0n) is 9.05. The summed E-state index contributed by atoms with van der Waals surface area (Å²) >= 11 is 11.8. The van der Waals surface area contributed by atoms with Gasteiger partial charge in [-0.1, -0.05) is 28.3 Å². The molecule has 18 heavy (non-hydrogen) atoms. The van der Waals surface area contributed by atoms with Crippen molar-refractivity contribution >= 4 is 28.9 Å². The Kier molecular flexibility index (Phi) is 3.95. The quantitative estimate of drug-likeness (QED) is 0.402. The monoisotopic (exact) mass is 279 g/mol. The first-order valence-corrected chi connectivity index (χ1v) is 5.73. The van der Waals surface area contributed by atoms with Crippen LogP contribution in [0.3, 0.4) is 0 Å². The maximum absolute atomic E-state index is 8.28. The fraction of sp³-hybridized carbons (Fsp3) is 0. The molecule has 0 aliphatic rings. The highest BCUT2D eigenvalue weighted by atomic mass is 35.5. The third-order valence-electron chi connectivity index (χ3n) is 2.12. The normalized spacial score (nSPS) is 9.67. The molecule has 90 valence electrons. The summed E-state index contributed by atoms with van der Waals surface area (Å²) in [4.78, 5) is 2.69. The van der Waals surface area contributed by atoms with Crippen molar-refractivity contribution < 1.29 is 4.74 Å². The zero-order valence-corrected chi connectivity index (χ0v) is 10.6. The minimum absolute atomic E-state index is 0.432. The van der Waals surface area contributed by atoms with Gasteiger partial charge in [0.1, 0.15) is 11.5 Å². The van der Waals surface area contributed by atoms with Gasteiger partial charge in [0, 0.05) is 15.6 Å². The van der Waals surface area contributed by atoms with Crippen LogP contribution >= 0.6 is 23.2 Å². The summed E-state index contributed by atoms with van der Waals surface area (Å²) in [5, 5.41) is 4.44. The lowest BCUT2D eigenvalue weighted by Crippen LogP contribution is -1.84. The molecule has 2 rings (SSSR count). The van der Waals surface area contributed by atoms with Gasteiger partial charge in [-0.3, -0.25) is 0 Å². The van der Waals surface area contributed by atoms with Crippen molar-refractivity contribution in [1.29, 1.82) is 0 Å². The average Bonchev–Trinajstić information content (AvgIpc) is 2.35. The van der Waals surface area contributed by atoms with E-state index in [0.717, 1.165) is 0 Å². The molecule has 0 fully saturated rings. The molecule has 0 heterocycles. The fourth-order valence-corrected chi connectivity index (χ4v) is 1.76. The summed E-state index contributed by atoms with van der Waals surface area (Å²) in [6.07, 6.45) is 0. The molecule has 0 bridgehead atoms. The number of nitrogens with zero attached hydrogens (tertiary/aromatic N) is 3. The first-order valence-electron chi connectivity index (χ1n) is 4.97. The van der Waals surface area contributed by atoms with Crippen LogP contribution in [0.2, 0.25) is 10.0 Å². The van der Waals surface area contributed by atoms with E-state index in [1.807, 2.05) is 0 Å². The van der Waals surface area contributed by atoms with Crippen LogP contribution in [0.5, 0.6) is 11.5 Å². The Morgan fingerprint density at radius 1 is 1.06 bits per heavy atom. The minimum Gasteiger partial charge on any atom is -0.456 e. The largest absolute Gasteiger partial charge is 0.456 e. The molecule has 0 aliphatic heterocycles. The third-order valence-corrected chi connectivity index (χ3v) is 2.65. The molecule has 0 radical (unpaired) electrons. The standard InChI is InChI=1S/C12H7Cl2N3O/c13-8-1-6-12(11(14)7-8)18-10-4-2-9(3-5-10)16-17-15/h1-7H. The Morgan fingerprint density at radius 3 is 2.39 bits per heavy atom. The second-order valence-corrected chi connectivity index (χ2v) is 4.20. The first-order chi connectivity index (χ1) is 8.69. The van der Waals surface area contributed by atoms with E-state index < -0.39 is 0 Å². The van der Waals surface area contributed by atoms with Gasteiger partial charge < -0.3 is 4.74 Å². The average molecular weight is 280 g/mol. The lowest BCUT2D eigenvalue weighted by Gasteiger charge is -2.07. The van der Waals surface area contributed by atoms with Gasteiger partial charge in [0.25, 0.3) is 0 Å². The molecule has 0 amide bonds. The van der Waals surface area contributed by atoms with Gasteiger partial charge in [-0.25, -0.2) is 0 Å². The maximum Gasteiger partial charge on any atom is 0.146 e. The van der Waals surface area contributed by atoms with Crippen LogP contribution in [0.4, 0.5) is 5.69 Å². The van der Waals surface area contributed by atoms with Crippen molar-refractivity contribution in [3.05, 3.63) is 63.0 Å². The Bertz CT molecular complexity index is 607. The number of rotatable bonds is 3. The molecule has 0 saturated carbocycles. The molecular formula is C12H7Cl2N3O. The van der Waals surface area contributed by atoms with Gasteiger partial charge in [-0.2, -0.15) is 0 Å². The van der Waals surface area contributed by atoms with E-state index in [9.17, 15) is 0 Å². The number of azide groups is 1. The van der Waals surface area contributed by atoms with E-state index in [-0.39, 0.29) is 0 Å². The molecule has 6 heteroatoms. The number of hydrogen-bond donors (Lipinski definition) is 0. The molecule has 0 N–H and O–H groups in total. The molecule has 2 aromatic carbocycles. The second-order valence-electron chi connectivity index (χ2n) is 3.36. The summed E-state index contributed by atoms with van der Waals surface area (Å²) in [5.41, 5.74) is 8.80. The maximum atomic E-state index is 8.28. The predicted octanol–water partition coefficient (Wildman–Crippen LogP) is 5.73. The van der Waals surface area contributed by atoms with Crippen molar-refractivity contribution in [2.75, 3.05) is 0 Å². The number of ether oxygens (including phenoxy) is 1. The smallest absolute Gasteiger partial charge is 0.146 e. The molecule has 0 unspecified atom stereocenters. The van der Waals surface area contributed by atoms with Crippen LogP contribution in [-0.2, 0) is 0 Å². The van der Waals surface area contributed by atoms with Crippen molar-refractivity contribution in [2.45, 2.75) is 0 Å². The lowest BCUT2D eigenvalue weighted by molar-refractivity contribution is 0.483. The van der Waals surface area contributed by atoms with Crippen LogP contribution in [0, 0.1) is 0 Å². The van der Waals surface area contributed by atoms with Crippen LogP contribution in [0.25, 0.3) is 10.4 Å². The van der Waals surface area contributed by atoms with Crippen molar-refractivity contribution in [1.82, 2.24) is 0 Å². The van der Waals surface area contributed by atoms with Gasteiger partial charge in [0.05, 0.1) is 5.02 Å². The predicted molar refractivity (Wildman–Crippen MR) is 71.8 cm³/mol. The highest BCUT2D eigenvalue weighted by molar-refractivity contribution is 6.35. The Hall–Kier alpha value is -1.87. The molecule has 0 saturated heterocycles. The summed E-state index contributed by atoms with van der Waals surface area (Å²) in [6.45, 7) is 0. The van der Waals surface area contributed by atoms with E-state index >= 15 is 0 Å². The van der Waals surface area contributed by atoms with Crippen molar-refractivity contribution in [3.63, 3.8) is 0 Å². The van der Waals surface area contributed by atoms with E-state index in [2.05, 4.69) is 10.0 Å². The van der Waals surface area contributed by atoms with E-state index in [1.54, 1.807) is 42.5 Å². The summed E-state index contributed by atoms with van der Waals surface area (Å²) in [6, 6.07) is 11.7. The second kappa shape index (κ2) is 5.65. The summed E-state index contributed by atoms with van der Waals surface area (Å²) in [5.74, 6) is 1.11. The number of benzene rings is 2. The van der Waals surface area contributed by atoms with E-state index in [0.29, 0.717) is 27.2 Å². The van der Waals surface area contributed by atoms with Crippen molar-refractivity contribution in [3.8, 4) is 11.5 Å². The fourth-order valence-electron chi connectivity index (χ4n) is 1.32. The molecule has 4 nitrogen and oxygen atoms in total. The van der Waals surface area contributed by atoms with Gasteiger partial charge in [-0.15, -0.1) is 0 Å². The molecular weight excluding hydrogens is 273 g/mol. The lowest BCUT2D eigenvalue weighted by atomic mass is 10.3. The summed E-state index contributed by atoms with van der Waals surface area (Å²) < 4.78 is 5.57. The molecule has 0 spiro atoms. The van der Waals surface area contributed by atoms with Crippen molar-refractivity contribution in [2.24, 2.45) is 5.11 Å². The third kappa shape index (κ3) is 3.08. The molecule has 2 aromatic rings. The van der Waals surface area contributed by atoms with Crippen LogP contribution in [0.15, 0.2) is 47.6 Å². The van der Waals surface area contributed by atoms with Gasteiger partial charge >= 0.3 is 0 Å². The Balaban J connectivity index is 2.20. The highest BCUT2D eigenvalue weighted by Gasteiger charge is 2.03. The Labute approximate surface area is 113 Å². The Morgan fingerprint density at radius 2 is 1.78 bits per heavy atom. The highest BCUT2D eigenvalue weighted by Crippen LogP contribution is 2.32. The van der Waals surface area contributed by atoms with Crippen LogP contribution in [-0.4, -0.2) is 0 Å². The molecule has 0 atom stereocenters. The zero-order chi connectivity index (χ0) is 13.0. The van der Waals surface area contributed by atoms with Gasteiger partial charge in [0.15, 0.2) is 0 Å². The van der Waals surface area contributed by atoms with Gasteiger partial charge in [0.2, 0.25) is 0 Å². The molecule has 0 aromatic heterocycles.